The second kappa shape index (κ2) is 7.12. The maximum atomic E-state index is 12.7. The van der Waals surface area contributed by atoms with E-state index in [2.05, 4.69) is 20.4 Å². The predicted molar refractivity (Wildman–Crippen MR) is 103 cm³/mol. The van der Waals surface area contributed by atoms with Crippen LogP contribution in [0.5, 0.6) is 0 Å². The van der Waals surface area contributed by atoms with Gasteiger partial charge in [-0.25, -0.2) is 14.6 Å². The molecule has 0 radical (unpaired) electrons. The van der Waals surface area contributed by atoms with Gasteiger partial charge in [-0.1, -0.05) is 17.7 Å². The van der Waals surface area contributed by atoms with E-state index in [-0.39, 0.29) is 24.4 Å². The van der Waals surface area contributed by atoms with Crippen LogP contribution in [-0.2, 0) is 11.3 Å². The summed E-state index contributed by atoms with van der Waals surface area (Å²) >= 11 is 1.34. The Bertz CT molecular complexity index is 1150. The van der Waals surface area contributed by atoms with E-state index in [1.807, 2.05) is 31.2 Å². The first-order valence-corrected chi connectivity index (χ1v) is 9.19. The van der Waals surface area contributed by atoms with Crippen LogP contribution in [0.2, 0.25) is 0 Å². The van der Waals surface area contributed by atoms with Crippen LogP contribution in [0.3, 0.4) is 0 Å². The van der Waals surface area contributed by atoms with Crippen LogP contribution in [0.15, 0.2) is 53.2 Å². The lowest BCUT2D eigenvalue weighted by molar-refractivity contribution is -0.116. The quantitative estimate of drug-likeness (QED) is 0.574. The molecule has 27 heavy (non-hydrogen) atoms. The molecule has 3 heterocycles. The van der Waals surface area contributed by atoms with Gasteiger partial charge in [0.25, 0.3) is 5.56 Å². The number of fused-ring (bicyclic) bond motifs is 1. The van der Waals surface area contributed by atoms with Crippen molar-refractivity contribution in [3.05, 3.63) is 64.3 Å². The highest BCUT2D eigenvalue weighted by Crippen LogP contribution is 2.14. The molecule has 136 valence electrons. The highest BCUT2D eigenvalue weighted by Gasteiger charge is 2.12. The third-order valence-corrected chi connectivity index (χ3v) is 4.78. The summed E-state index contributed by atoms with van der Waals surface area (Å²) in [4.78, 5) is 33.0. The number of carbonyl (C=O) groups is 1. The molecule has 0 fully saturated rings. The van der Waals surface area contributed by atoms with Crippen molar-refractivity contribution in [3.8, 4) is 5.69 Å². The fraction of sp³-hybridized carbons (Fsp3) is 0.167. The standard InChI is InChI=1S/C18H16N6O2S/c1-12-2-4-13(5-3-12)24-16-14(10-21-24)17(26)23(11-20-16)8-6-15(25)22-18-19-7-9-27-18/h2-5,7,9-11H,6,8H2,1H3,(H,19,22,25). The molecule has 0 aliphatic heterocycles. The maximum Gasteiger partial charge on any atom is 0.264 e. The molecule has 8 nitrogen and oxygen atoms in total. The molecule has 1 aromatic carbocycles. The Hall–Kier alpha value is -3.33. The number of thiazole rings is 1. The first-order valence-electron chi connectivity index (χ1n) is 8.31. The molecule has 0 spiro atoms. The average Bonchev–Trinajstić information content (AvgIpc) is 3.32. The van der Waals surface area contributed by atoms with E-state index in [0.717, 1.165) is 11.3 Å². The number of amides is 1. The molecule has 0 atom stereocenters. The van der Waals surface area contributed by atoms with Crippen molar-refractivity contribution in [2.75, 3.05) is 5.32 Å². The Kier molecular flexibility index (Phi) is 4.51. The lowest BCUT2D eigenvalue weighted by atomic mass is 10.2. The Balaban J connectivity index is 1.55. The van der Waals surface area contributed by atoms with Crippen molar-refractivity contribution >= 4 is 33.4 Å². The number of rotatable bonds is 5. The molecule has 1 amide bonds. The number of nitrogens with zero attached hydrogens (tertiary/aromatic N) is 5. The van der Waals surface area contributed by atoms with Crippen LogP contribution in [-0.4, -0.2) is 30.2 Å². The second-order valence-electron chi connectivity index (χ2n) is 6.01. The molecule has 1 N–H and O–H groups in total. The van der Waals surface area contributed by atoms with Crippen LogP contribution in [0.4, 0.5) is 5.13 Å². The van der Waals surface area contributed by atoms with E-state index in [9.17, 15) is 9.59 Å². The number of carbonyl (C=O) groups excluding carboxylic acids is 1. The zero-order valence-corrected chi connectivity index (χ0v) is 15.3. The Morgan fingerprint density at radius 3 is 2.78 bits per heavy atom. The summed E-state index contributed by atoms with van der Waals surface area (Å²) in [6.45, 7) is 2.24. The number of hydrogen-bond acceptors (Lipinski definition) is 6. The normalized spacial score (nSPS) is 11.0. The lowest BCUT2D eigenvalue weighted by Crippen LogP contribution is -2.23. The summed E-state index contributed by atoms with van der Waals surface area (Å²) in [6.07, 6.45) is 4.73. The van der Waals surface area contributed by atoms with Gasteiger partial charge in [-0.3, -0.25) is 14.2 Å². The summed E-state index contributed by atoms with van der Waals surface area (Å²) in [7, 11) is 0. The van der Waals surface area contributed by atoms with E-state index in [0.29, 0.717) is 16.2 Å². The second-order valence-corrected chi connectivity index (χ2v) is 6.90. The van der Waals surface area contributed by atoms with Crippen molar-refractivity contribution in [1.29, 1.82) is 0 Å². The van der Waals surface area contributed by atoms with Gasteiger partial charge in [-0.15, -0.1) is 11.3 Å². The average molecular weight is 380 g/mol. The van der Waals surface area contributed by atoms with Crippen LogP contribution in [0.25, 0.3) is 16.7 Å². The van der Waals surface area contributed by atoms with Gasteiger partial charge in [0.2, 0.25) is 5.91 Å². The smallest absolute Gasteiger partial charge is 0.264 e. The lowest BCUT2D eigenvalue weighted by Gasteiger charge is -2.06. The summed E-state index contributed by atoms with van der Waals surface area (Å²) in [5.41, 5.74) is 2.25. The van der Waals surface area contributed by atoms with Gasteiger partial charge in [-0.05, 0) is 19.1 Å². The molecule has 4 aromatic rings. The molecule has 0 bridgehead atoms. The van der Waals surface area contributed by atoms with Crippen molar-refractivity contribution in [2.24, 2.45) is 0 Å². The highest BCUT2D eigenvalue weighted by atomic mass is 32.1. The highest BCUT2D eigenvalue weighted by molar-refractivity contribution is 7.13. The topological polar surface area (TPSA) is 94.7 Å². The zero-order chi connectivity index (χ0) is 18.8. The van der Waals surface area contributed by atoms with Crippen LogP contribution in [0, 0.1) is 6.92 Å². The van der Waals surface area contributed by atoms with Gasteiger partial charge < -0.3 is 5.32 Å². The molecule has 3 aromatic heterocycles. The molecule has 4 rings (SSSR count). The van der Waals surface area contributed by atoms with E-state index >= 15 is 0 Å². The van der Waals surface area contributed by atoms with E-state index in [4.69, 9.17) is 0 Å². The first kappa shape index (κ1) is 17.1. The van der Waals surface area contributed by atoms with Crippen molar-refractivity contribution in [2.45, 2.75) is 19.9 Å². The van der Waals surface area contributed by atoms with E-state index in [1.54, 1.807) is 16.3 Å². The molecule has 0 saturated carbocycles. The molecular formula is C18H16N6O2S. The Morgan fingerprint density at radius 2 is 2.04 bits per heavy atom. The van der Waals surface area contributed by atoms with Crippen LogP contribution in [0.1, 0.15) is 12.0 Å². The van der Waals surface area contributed by atoms with E-state index < -0.39 is 0 Å². The fourth-order valence-electron chi connectivity index (χ4n) is 2.67. The van der Waals surface area contributed by atoms with Crippen LogP contribution >= 0.6 is 11.3 Å². The van der Waals surface area contributed by atoms with Gasteiger partial charge in [0, 0.05) is 24.5 Å². The summed E-state index contributed by atoms with van der Waals surface area (Å²) in [5.74, 6) is -0.202. The molecule has 0 aliphatic rings. The van der Waals surface area contributed by atoms with Crippen LogP contribution < -0.4 is 10.9 Å². The third kappa shape index (κ3) is 3.49. The van der Waals surface area contributed by atoms with Crippen molar-refractivity contribution < 1.29 is 4.79 Å². The Morgan fingerprint density at radius 1 is 1.22 bits per heavy atom. The van der Waals surface area contributed by atoms with Crippen molar-refractivity contribution in [1.82, 2.24) is 24.3 Å². The summed E-state index contributed by atoms with van der Waals surface area (Å²) in [5, 5.41) is 9.73. The molecular weight excluding hydrogens is 364 g/mol. The minimum Gasteiger partial charge on any atom is -0.302 e. The monoisotopic (exact) mass is 380 g/mol. The number of benzene rings is 1. The van der Waals surface area contributed by atoms with Gasteiger partial charge in [0.1, 0.15) is 5.39 Å². The fourth-order valence-corrected chi connectivity index (χ4v) is 3.22. The van der Waals surface area contributed by atoms with Gasteiger partial charge in [-0.2, -0.15) is 5.10 Å². The number of aryl methyl sites for hydroxylation is 2. The van der Waals surface area contributed by atoms with Gasteiger partial charge >= 0.3 is 0 Å². The minimum absolute atomic E-state index is 0.152. The predicted octanol–water partition coefficient (Wildman–Crippen LogP) is 2.38. The molecule has 0 aliphatic carbocycles. The Labute approximate surface area is 158 Å². The summed E-state index contributed by atoms with van der Waals surface area (Å²) < 4.78 is 3.06. The molecule has 0 saturated heterocycles. The number of nitrogens with one attached hydrogen (secondary N) is 1. The number of aromatic nitrogens is 5. The summed E-state index contributed by atoms with van der Waals surface area (Å²) in [6, 6.07) is 7.81. The molecule has 0 unspecified atom stereocenters. The van der Waals surface area contributed by atoms with Gasteiger partial charge in [0.05, 0.1) is 18.2 Å². The first-order chi connectivity index (χ1) is 13.1. The third-order valence-electron chi connectivity index (χ3n) is 4.09. The number of anilines is 1. The minimum atomic E-state index is -0.222. The molecule has 9 heteroatoms. The number of hydrogen-bond donors (Lipinski definition) is 1. The van der Waals surface area contributed by atoms with Crippen molar-refractivity contribution in [3.63, 3.8) is 0 Å². The largest absolute Gasteiger partial charge is 0.302 e. The SMILES string of the molecule is Cc1ccc(-n2ncc3c(=O)n(CCC(=O)Nc4nccs4)cnc32)cc1. The maximum absolute atomic E-state index is 12.7. The van der Waals surface area contributed by atoms with Gasteiger partial charge in [0.15, 0.2) is 10.8 Å². The van der Waals surface area contributed by atoms with E-state index in [1.165, 1.54) is 28.4 Å². The zero-order valence-electron chi connectivity index (χ0n) is 14.5.